The SMILES string of the molecule is CN=C(NCC(=O)N1CCc2ccccc21)NC1CCN(S(=O)(=O)C(F)(F)F)CC1.I. The van der Waals surface area contributed by atoms with Gasteiger partial charge in [0.15, 0.2) is 5.96 Å². The minimum absolute atomic E-state index is 0. The van der Waals surface area contributed by atoms with Crippen LogP contribution in [0, 0.1) is 0 Å². The fourth-order valence-electron chi connectivity index (χ4n) is 3.63. The number of alkyl halides is 3. The molecule has 1 amide bonds. The standard InChI is InChI=1S/C18H24F3N5O3S.HI/c1-22-17(23-12-16(27)26-11-6-13-4-2-3-5-15(13)26)24-14-7-9-25(10-8-14)30(28,29)18(19,20)21;/h2-5,14H,6-12H2,1H3,(H2,22,23,24);1H. The highest BCUT2D eigenvalue weighted by Crippen LogP contribution is 2.29. The van der Waals surface area contributed by atoms with Crippen LogP contribution in [0.15, 0.2) is 29.3 Å². The molecule has 2 aliphatic heterocycles. The Morgan fingerprint density at radius 1 is 1.19 bits per heavy atom. The summed E-state index contributed by atoms with van der Waals surface area (Å²) >= 11 is 0. The number of hydrogen-bond donors (Lipinski definition) is 2. The summed E-state index contributed by atoms with van der Waals surface area (Å²) in [6, 6.07) is 7.45. The number of para-hydroxylation sites is 1. The lowest BCUT2D eigenvalue weighted by molar-refractivity contribution is -0.117. The molecule has 2 heterocycles. The van der Waals surface area contributed by atoms with Crippen molar-refractivity contribution in [3.63, 3.8) is 0 Å². The van der Waals surface area contributed by atoms with Gasteiger partial charge < -0.3 is 15.5 Å². The number of piperidine rings is 1. The Labute approximate surface area is 196 Å². The Morgan fingerprint density at radius 3 is 2.45 bits per heavy atom. The summed E-state index contributed by atoms with van der Waals surface area (Å²) in [5.41, 5.74) is -3.28. The van der Waals surface area contributed by atoms with E-state index in [0.29, 0.717) is 16.8 Å². The lowest BCUT2D eigenvalue weighted by Gasteiger charge is -2.32. The predicted octanol–water partition coefficient (Wildman–Crippen LogP) is 1.67. The number of rotatable bonds is 4. The first-order valence-electron chi connectivity index (χ1n) is 9.55. The fraction of sp³-hybridized carbons (Fsp3) is 0.556. The van der Waals surface area contributed by atoms with Crippen molar-refractivity contribution in [2.75, 3.05) is 38.1 Å². The molecule has 13 heteroatoms. The number of nitrogens with one attached hydrogen (secondary N) is 2. The highest BCUT2D eigenvalue weighted by atomic mass is 127. The van der Waals surface area contributed by atoms with Gasteiger partial charge in [-0.3, -0.25) is 9.79 Å². The molecule has 1 fully saturated rings. The zero-order chi connectivity index (χ0) is 21.9. The number of aliphatic imine (C=N–C) groups is 1. The summed E-state index contributed by atoms with van der Waals surface area (Å²) < 4.78 is 61.4. The van der Waals surface area contributed by atoms with Crippen LogP contribution in [-0.2, 0) is 21.2 Å². The van der Waals surface area contributed by atoms with E-state index in [2.05, 4.69) is 15.6 Å². The predicted molar refractivity (Wildman–Crippen MR) is 122 cm³/mol. The number of carbonyl (C=O) groups is 1. The normalized spacial score (nSPS) is 18.3. The molecule has 0 atom stereocenters. The third-order valence-electron chi connectivity index (χ3n) is 5.25. The van der Waals surface area contributed by atoms with E-state index in [9.17, 15) is 26.4 Å². The molecule has 3 rings (SSSR count). The molecule has 174 valence electrons. The number of fused-ring (bicyclic) bond motifs is 1. The highest BCUT2D eigenvalue weighted by Gasteiger charge is 2.50. The number of carbonyl (C=O) groups excluding carboxylic acids is 1. The van der Waals surface area contributed by atoms with E-state index in [0.717, 1.165) is 17.7 Å². The molecule has 8 nitrogen and oxygen atoms in total. The van der Waals surface area contributed by atoms with Crippen molar-refractivity contribution in [2.24, 2.45) is 4.99 Å². The summed E-state index contributed by atoms with van der Waals surface area (Å²) in [6.45, 7) is 0.146. The van der Waals surface area contributed by atoms with Crippen LogP contribution in [0.1, 0.15) is 18.4 Å². The van der Waals surface area contributed by atoms with E-state index in [1.54, 1.807) is 4.90 Å². The Balaban J connectivity index is 0.00000341. The Bertz CT molecular complexity index is 918. The third kappa shape index (κ3) is 5.80. The van der Waals surface area contributed by atoms with Gasteiger partial charge in [0.1, 0.15) is 0 Å². The maximum absolute atomic E-state index is 12.7. The highest BCUT2D eigenvalue weighted by molar-refractivity contribution is 14.0. The van der Waals surface area contributed by atoms with Crippen LogP contribution in [-0.4, -0.2) is 69.4 Å². The molecule has 2 aliphatic rings. The smallest absolute Gasteiger partial charge is 0.354 e. The fourth-order valence-corrected chi connectivity index (χ4v) is 4.61. The molecule has 1 aromatic carbocycles. The maximum Gasteiger partial charge on any atom is 0.511 e. The molecule has 0 aromatic heterocycles. The van der Waals surface area contributed by atoms with Crippen molar-refractivity contribution in [3.05, 3.63) is 29.8 Å². The summed E-state index contributed by atoms with van der Waals surface area (Å²) in [7, 11) is -3.78. The Morgan fingerprint density at radius 2 is 1.84 bits per heavy atom. The zero-order valence-corrected chi connectivity index (χ0v) is 20.0. The maximum atomic E-state index is 12.7. The van der Waals surface area contributed by atoms with Gasteiger partial charge in [-0.1, -0.05) is 18.2 Å². The molecule has 31 heavy (non-hydrogen) atoms. The van der Waals surface area contributed by atoms with Crippen LogP contribution in [0.25, 0.3) is 0 Å². The molecule has 0 bridgehead atoms. The summed E-state index contributed by atoms with van der Waals surface area (Å²) in [4.78, 5) is 18.3. The van der Waals surface area contributed by atoms with Crippen molar-refractivity contribution in [1.82, 2.24) is 14.9 Å². The largest absolute Gasteiger partial charge is 0.511 e. The van der Waals surface area contributed by atoms with Gasteiger partial charge in [0.2, 0.25) is 5.91 Å². The number of hydrogen-bond acceptors (Lipinski definition) is 4. The first-order valence-corrected chi connectivity index (χ1v) is 11.0. The van der Waals surface area contributed by atoms with Crippen LogP contribution < -0.4 is 15.5 Å². The minimum atomic E-state index is -5.30. The van der Waals surface area contributed by atoms with Gasteiger partial charge in [0.05, 0.1) is 6.54 Å². The number of amides is 1. The summed E-state index contributed by atoms with van der Waals surface area (Å²) in [6.07, 6.45) is 1.20. The van der Waals surface area contributed by atoms with Crippen molar-refractivity contribution in [1.29, 1.82) is 0 Å². The minimum Gasteiger partial charge on any atom is -0.354 e. The summed E-state index contributed by atoms with van der Waals surface area (Å²) in [5.74, 6) is 0.224. The molecular formula is C18H25F3IN5O3S. The molecule has 1 saturated heterocycles. The second-order valence-corrected chi connectivity index (χ2v) is 9.05. The third-order valence-corrected chi connectivity index (χ3v) is 6.88. The quantitative estimate of drug-likeness (QED) is 0.324. The molecule has 0 spiro atoms. The van der Waals surface area contributed by atoms with Gasteiger partial charge in [0, 0.05) is 38.4 Å². The van der Waals surface area contributed by atoms with Gasteiger partial charge in [-0.15, -0.1) is 24.0 Å². The van der Waals surface area contributed by atoms with E-state index in [1.807, 2.05) is 24.3 Å². The van der Waals surface area contributed by atoms with Gasteiger partial charge in [-0.05, 0) is 30.9 Å². The van der Waals surface area contributed by atoms with Gasteiger partial charge in [-0.25, -0.2) is 8.42 Å². The zero-order valence-electron chi connectivity index (χ0n) is 16.9. The summed E-state index contributed by atoms with van der Waals surface area (Å²) in [5, 5.41) is 5.97. The van der Waals surface area contributed by atoms with E-state index < -0.39 is 15.5 Å². The van der Waals surface area contributed by atoms with Crippen LogP contribution in [0.2, 0.25) is 0 Å². The van der Waals surface area contributed by atoms with Crippen LogP contribution >= 0.6 is 24.0 Å². The van der Waals surface area contributed by atoms with Crippen molar-refractivity contribution in [2.45, 2.75) is 30.8 Å². The monoisotopic (exact) mass is 575 g/mol. The molecule has 0 unspecified atom stereocenters. The lowest BCUT2D eigenvalue weighted by Crippen LogP contribution is -2.52. The van der Waals surface area contributed by atoms with Crippen LogP contribution in [0.4, 0.5) is 18.9 Å². The van der Waals surface area contributed by atoms with E-state index >= 15 is 0 Å². The van der Waals surface area contributed by atoms with Crippen molar-refractivity contribution < 1.29 is 26.4 Å². The van der Waals surface area contributed by atoms with Crippen molar-refractivity contribution in [3.8, 4) is 0 Å². The lowest BCUT2D eigenvalue weighted by atomic mass is 10.1. The number of nitrogens with zero attached hydrogens (tertiary/aromatic N) is 3. The molecule has 0 aliphatic carbocycles. The van der Waals surface area contributed by atoms with E-state index in [4.69, 9.17) is 0 Å². The number of halogens is 4. The number of benzene rings is 1. The average molecular weight is 575 g/mol. The van der Waals surface area contributed by atoms with E-state index in [1.165, 1.54) is 7.05 Å². The second kappa shape index (κ2) is 10.3. The second-order valence-electron chi connectivity index (χ2n) is 7.12. The molecular weight excluding hydrogens is 550 g/mol. The van der Waals surface area contributed by atoms with Gasteiger partial charge >= 0.3 is 15.5 Å². The first kappa shape index (κ1) is 25.6. The van der Waals surface area contributed by atoms with Crippen LogP contribution in [0.3, 0.4) is 0 Å². The van der Waals surface area contributed by atoms with Crippen molar-refractivity contribution >= 4 is 51.6 Å². The molecule has 1 aromatic rings. The first-order chi connectivity index (χ1) is 14.1. The van der Waals surface area contributed by atoms with Gasteiger partial charge in [-0.2, -0.15) is 17.5 Å². The topological polar surface area (TPSA) is 94.1 Å². The average Bonchev–Trinajstić information content (AvgIpc) is 3.14. The molecule has 2 N–H and O–H groups in total. The molecule has 0 radical (unpaired) electrons. The van der Waals surface area contributed by atoms with E-state index in [-0.39, 0.29) is 68.4 Å². The Kier molecular flexibility index (Phi) is 8.55. The number of anilines is 1. The number of sulfonamides is 1. The van der Waals surface area contributed by atoms with Crippen LogP contribution in [0.5, 0.6) is 0 Å². The molecule has 0 saturated carbocycles. The number of guanidine groups is 1. The van der Waals surface area contributed by atoms with Gasteiger partial charge in [0.25, 0.3) is 0 Å². The Hall–Kier alpha value is -1.61.